The summed E-state index contributed by atoms with van der Waals surface area (Å²) in [7, 11) is 0. The Kier molecular flexibility index (Phi) is 19.6. The lowest BCUT2D eigenvalue weighted by Crippen LogP contribution is -2.00. The van der Waals surface area contributed by atoms with E-state index in [0.717, 1.165) is 153 Å². The van der Waals surface area contributed by atoms with Crippen LogP contribution in [0.2, 0.25) is 5.02 Å². The molecule has 18 rings (SSSR count). The molecule has 0 spiro atoms. The summed E-state index contributed by atoms with van der Waals surface area (Å²) in [4.78, 5) is 43.3. The lowest BCUT2D eigenvalue weighted by atomic mass is 10.0. The number of halogens is 4. The number of furan rings is 1. The number of aromatic nitrogens is 9. The summed E-state index contributed by atoms with van der Waals surface area (Å²) in [5.74, 6) is 2.75. The van der Waals surface area contributed by atoms with Crippen LogP contribution in [-0.2, 0) is 0 Å². The smallest absolute Gasteiger partial charge is 0.164 e. The van der Waals surface area contributed by atoms with E-state index in [1.54, 1.807) is 0 Å². The molecule has 101 heavy (non-hydrogen) atoms. The van der Waals surface area contributed by atoms with Gasteiger partial charge in [-0.25, -0.2) is 44.9 Å². The van der Waals surface area contributed by atoms with Crippen LogP contribution in [0.1, 0.15) is 0 Å². The standard InChI is InChI=1S/C26H15ClN2O.C21H14BrN3.2C20H13BrN2/c27-18-11-13-20-19-12-10-17(14-23(19)30-24(20)15-18)26-25(16-6-2-1-3-7-16)28-21-8-4-5-9-22(21)29-26;22-18-13-7-12-17(14-18)21-24-19(15-8-3-1-4-9-15)23-20(25-21)16-10-5-2-6-11-16;21-16-11-5-4-10-15(16)20-19(14-8-2-1-3-9-14)22-17-12-6-7-13-18(17)23-20;21-16-12-10-15(11-13-16)20-22-18-9-5-4-8-17(18)19(23-20)14-6-2-1-3-7-14/h1-15H;1-14H;2*1-13H. The summed E-state index contributed by atoms with van der Waals surface area (Å²) >= 11 is 16.8. The van der Waals surface area contributed by atoms with Crippen molar-refractivity contribution in [2.45, 2.75) is 0 Å². The maximum Gasteiger partial charge on any atom is 0.164 e. The van der Waals surface area contributed by atoms with Gasteiger partial charge >= 0.3 is 0 Å². The van der Waals surface area contributed by atoms with E-state index in [-0.39, 0.29) is 0 Å². The Labute approximate surface area is 612 Å². The lowest BCUT2D eigenvalue weighted by molar-refractivity contribution is 0.669. The topological polar surface area (TPSA) is 129 Å². The third-order valence-corrected chi connectivity index (χ3v) is 18.6. The molecule has 14 heteroatoms. The molecule has 5 heterocycles. The second-order valence-electron chi connectivity index (χ2n) is 23.3. The van der Waals surface area contributed by atoms with Gasteiger partial charge in [0.2, 0.25) is 0 Å². The van der Waals surface area contributed by atoms with Crippen LogP contribution < -0.4 is 0 Å². The molecule has 0 N–H and O–H groups in total. The van der Waals surface area contributed by atoms with Crippen LogP contribution in [0.25, 0.3) is 157 Å². The maximum atomic E-state index is 6.14. The van der Waals surface area contributed by atoms with Crippen LogP contribution in [0, 0.1) is 0 Å². The zero-order valence-electron chi connectivity index (χ0n) is 53.7. The molecule has 13 aromatic carbocycles. The number of fused-ring (bicyclic) bond motifs is 6. The fourth-order valence-corrected chi connectivity index (χ4v) is 13.0. The molecule has 0 atom stereocenters. The van der Waals surface area contributed by atoms with Gasteiger partial charge in [0.25, 0.3) is 0 Å². The third-order valence-electron chi connectivity index (χ3n) is 16.6. The zero-order chi connectivity index (χ0) is 68.4. The van der Waals surface area contributed by atoms with E-state index in [9.17, 15) is 0 Å². The summed E-state index contributed by atoms with van der Waals surface area (Å²) in [5.41, 5.74) is 19.6. The highest BCUT2D eigenvalue weighted by Crippen LogP contribution is 2.39. The van der Waals surface area contributed by atoms with Crippen molar-refractivity contribution in [3.8, 4) is 102 Å². The van der Waals surface area contributed by atoms with Gasteiger partial charge in [-0.3, -0.25) is 0 Å². The monoisotopic (exact) mass is 1510 g/mol. The maximum absolute atomic E-state index is 6.14. The van der Waals surface area contributed by atoms with Crippen molar-refractivity contribution >= 4 is 114 Å². The van der Waals surface area contributed by atoms with Gasteiger partial charge in [-0.15, -0.1) is 0 Å². The number of para-hydroxylation sites is 5. The van der Waals surface area contributed by atoms with Crippen LogP contribution in [0.3, 0.4) is 0 Å². The van der Waals surface area contributed by atoms with E-state index in [4.69, 9.17) is 55.9 Å². The van der Waals surface area contributed by atoms with E-state index in [1.807, 2.05) is 273 Å². The minimum Gasteiger partial charge on any atom is -0.456 e. The molecule has 0 aliphatic heterocycles. The summed E-state index contributed by atoms with van der Waals surface area (Å²) in [6.45, 7) is 0. The fraction of sp³-hybridized carbons (Fsp3) is 0. The van der Waals surface area contributed by atoms with Crippen molar-refractivity contribution < 1.29 is 4.42 Å². The molecule has 0 unspecified atom stereocenters. The highest BCUT2D eigenvalue weighted by molar-refractivity contribution is 9.11. The summed E-state index contributed by atoms with van der Waals surface area (Å²) < 4.78 is 9.15. The second-order valence-corrected chi connectivity index (χ2v) is 26.4. The van der Waals surface area contributed by atoms with Gasteiger partial charge in [0.1, 0.15) is 11.2 Å². The summed E-state index contributed by atoms with van der Waals surface area (Å²) in [6, 6.07) is 111. The molecule has 0 radical (unpaired) electrons. The Morgan fingerprint density at radius 3 is 1.15 bits per heavy atom. The molecule has 0 amide bonds. The first-order valence-corrected chi connectivity index (χ1v) is 35.2. The SMILES string of the molecule is Brc1ccc(-c2nc(-c3ccccc3)c3ccccc3n2)cc1.Brc1cccc(-c2nc(-c3ccccc3)nc(-c3ccccc3)n2)c1.Brc1ccccc1-c1nc2ccccc2nc1-c1ccccc1.Clc1ccc2c(c1)oc1cc(-c3nc4ccccc4nc3-c3ccccc3)ccc12. The Morgan fingerprint density at radius 1 is 0.228 bits per heavy atom. The van der Waals surface area contributed by atoms with Gasteiger partial charge in [0, 0.05) is 90.7 Å². The lowest BCUT2D eigenvalue weighted by Gasteiger charge is -2.11. The van der Waals surface area contributed by atoms with Gasteiger partial charge in [-0.2, -0.15) is 0 Å². The van der Waals surface area contributed by atoms with Gasteiger partial charge in [0.05, 0.1) is 56.1 Å². The predicted molar refractivity (Wildman–Crippen MR) is 423 cm³/mol. The number of hydrogen-bond acceptors (Lipinski definition) is 10. The Morgan fingerprint density at radius 2 is 0.614 bits per heavy atom. The third kappa shape index (κ3) is 14.9. The van der Waals surface area contributed by atoms with E-state index in [1.165, 1.54) is 0 Å². The Balaban J connectivity index is 0.000000110. The molecule has 0 aliphatic carbocycles. The molecule has 0 saturated carbocycles. The average Bonchev–Trinajstić information content (AvgIpc) is 1.75. The van der Waals surface area contributed by atoms with Gasteiger partial charge in [0.15, 0.2) is 23.3 Å². The molecule has 0 fully saturated rings. The first-order chi connectivity index (χ1) is 49.7. The van der Waals surface area contributed by atoms with Gasteiger partial charge < -0.3 is 4.42 Å². The van der Waals surface area contributed by atoms with E-state index in [2.05, 4.69) is 113 Å². The van der Waals surface area contributed by atoms with E-state index < -0.39 is 0 Å². The highest BCUT2D eigenvalue weighted by atomic mass is 79.9. The molecule has 0 saturated heterocycles. The van der Waals surface area contributed by atoms with Crippen molar-refractivity contribution in [1.29, 1.82) is 0 Å². The number of benzene rings is 13. The predicted octanol–water partition coefficient (Wildman–Crippen LogP) is 24.6. The first-order valence-electron chi connectivity index (χ1n) is 32.4. The summed E-state index contributed by atoms with van der Waals surface area (Å²) in [5, 5.41) is 3.84. The zero-order valence-corrected chi connectivity index (χ0v) is 59.2. The van der Waals surface area contributed by atoms with Crippen LogP contribution in [0.5, 0.6) is 0 Å². The number of nitrogens with zero attached hydrogens (tertiary/aromatic N) is 9. The minimum absolute atomic E-state index is 0.661. The van der Waals surface area contributed by atoms with Gasteiger partial charge in [-0.05, 0) is 84.9 Å². The average molecular weight is 1520 g/mol. The van der Waals surface area contributed by atoms with Gasteiger partial charge in [-0.1, -0.05) is 302 Å². The van der Waals surface area contributed by atoms with E-state index >= 15 is 0 Å². The minimum atomic E-state index is 0.661. The molecule has 0 aliphatic rings. The van der Waals surface area contributed by atoms with E-state index in [0.29, 0.717) is 22.5 Å². The van der Waals surface area contributed by atoms with Crippen molar-refractivity contribution in [2.24, 2.45) is 0 Å². The second kappa shape index (κ2) is 30.3. The Hall–Kier alpha value is -11.6. The molecule has 10 nitrogen and oxygen atoms in total. The molecule has 0 bridgehead atoms. The molecular weight excluding hydrogens is 1460 g/mol. The number of hydrogen-bond donors (Lipinski definition) is 0. The largest absolute Gasteiger partial charge is 0.456 e. The van der Waals surface area contributed by atoms with Crippen LogP contribution in [0.15, 0.2) is 351 Å². The Bertz CT molecular complexity index is 5900. The van der Waals surface area contributed by atoms with Crippen molar-refractivity contribution in [2.75, 3.05) is 0 Å². The molecule has 5 aromatic heterocycles. The molecule has 482 valence electrons. The first kappa shape index (κ1) is 65.4. The van der Waals surface area contributed by atoms with Crippen LogP contribution in [0.4, 0.5) is 0 Å². The fourth-order valence-electron chi connectivity index (χ4n) is 11.7. The van der Waals surface area contributed by atoms with Crippen LogP contribution >= 0.6 is 59.4 Å². The highest BCUT2D eigenvalue weighted by Gasteiger charge is 2.19. The molecule has 18 aromatic rings. The molecular formula is C87H55Br3ClN9O. The quantitative estimate of drug-likeness (QED) is 0.138. The summed E-state index contributed by atoms with van der Waals surface area (Å²) in [6.07, 6.45) is 0. The van der Waals surface area contributed by atoms with Crippen LogP contribution in [-0.4, -0.2) is 44.9 Å². The number of rotatable bonds is 9. The van der Waals surface area contributed by atoms with Crippen molar-refractivity contribution in [1.82, 2.24) is 44.9 Å². The van der Waals surface area contributed by atoms with Crippen molar-refractivity contribution in [3.05, 3.63) is 352 Å². The normalized spacial score (nSPS) is 11.0. The van der Waals surface area contributed by atoms with Crippen molar-refractivity contribution in [3.63, 3.8) is 0 Å².